The molecule has 0 saturated heterocycles. The first-order valence-corrected chi connectivity index (χ1v) is 8.64. The van der Waals surface area contributed by atoms with E-state index in [9.17, 15) is 19.2 Å². The number of benzene rings is 2. The highest BCUT2D eigenvalue weighted by Gasteiger charge is 2.19. The summed E-state index contributed by atoms with van der Waals surface area (Å²) >= 11 is 5.70. The minimum absolute atomic E-state index is 0.00850. The smallest absolute Gasteiger partial charge is 0.414 e. The van der Waals surface area contributed by atoms with Crippen molar-refractivity contribution in [2.24, 2.45) is 4.99 Å². The van der Waals surface area contributed by atoms with Gasteiger partial charge in [0.15, 0.2) is 17.2 Å². The zero-order valence-corrected chi connectivity index (χ0v) is 15.8. The third-order valence-corrected chi connectivity index (χ3v) is 3.91. The van der Waals surface area contributed by atoms with Crippen molar-refractivity contribution in [3.05, 3.63) is 76.3 Å². The molecule has 3 rings (SSSR count). The van der Waals surface area contributed by atoms with Crippen molar-refractivity contribution in [3.8, 4) is 0 Å². The van der Waals surface area contributed by atoms with Gasteiger partial charge in [-0.3, -0.25) is 20.8 Å². The van der Waals surface area contributed by atoms with Gasteiger partial charge < -0.3 is 4.74 Å². The van der Waals surface area contributed by atoms with Crippen LogP contribution in [0.1, 0.15) is 21.7 Å². The second-order valence-corrected chi connectivity index (χ2v) is 6.03. The zero-order chi connectivity index (χ0) is 21.5. The topological polar surface area (TPSA) is 139 Å². The average molecular weight is 434 g/mol. The number of amides is 2. The number of alkyl carbamates (subject to hydrolysis) is 1. The molecule has 0 aliphatic heterocycles. The van der Waals surface area contributed by atoms with Crippen LogP contribution in [0.4, 0.5) is 14.9 Å². The molecule has 0 bridgehead atoms. The first kappa shape index (κ1) is 20.9. The van der Waals surface area contributed by atoms with Crippen LogP contribution in [-0.4, -0.2) is 33.4 Å². The molecule has 3 N–H and O–H groups in total. The molecule has 1 heterocycles. The van der Waals surface area contributed by atoms with Crippen molar-refractivity contribution in [3.63, 3.8) is 0 Å². The summed E-state index contributed by atoms with van der Waals surface area (Å²) in [6, 6.07) is 11.7. The molecule has 30 heavy (non-hydrogen) atoms. The van der Waals surface area contributed by atoms with Gasteiger partial charge in [-0.2, -0.15) is 0 Å². The summed E-state index contributed by atoms with van der Waals surface area (Å²) in [5, 5.41) is 18.4. The van der Waals surface area contributed by atoms with Crippen molar-refractivity contribution in [1.29, 1.82) is 0 Å². The Balaban J connectivity index is 1.68. The summed E-state index contributed by atoms with van der Waals surface area (Å²) < 4.78 is 22.8. The van der Waals surface area contributed by atoms with Crippen molar-refractivity contribution in [2.75, 3.05) is 0 Å². The van der Waals surface area contributed by atoms with E-state index >= 15 is 0 Å². The van der Waals surface area contributed by atoms with Crippen LogP contribution >= 0.6 is 11.6 Å². The summed E-state index contributed by atoms with van der Waals surface area (Å²) in [7, 11) is 0. The van der Waals surface area contributed by atoms with Crippen LogP contribution in [-0.2, 0) is 11.3 Å². The van der Waals surface area contributed by atoms with Crippen LogP contribution in [0.25, 0.3) is 0 Å². The molecule has 0 spiro atoms. The SMILES string of the molecule is O=C(NC(=O)c1ccccc1)OCc1nonc1C(=Nc1ccc(F)c(Cl)c1)NO. The van der Waals surface area contributed by atoms with Gasteiger partial charge in [-0.05, 0) is 35.5 Å². The number of rotatable bonds is 5. The lowest BCUT2D eigenvalue weighted by Gasteiger charge is -2.06. The summed E-state index contributed by atoms with van der Waals surface area (Å²) in [6.45, 7) is -0.447. The summed E-state index contributed by atoms with van der Waals surface area (Å²) in [5.41, 5.74) is 2.18. The van der Waals surface area contributed by atoms with Crippen LogP contribution < -0.4 is 10.8 Å². The third-order valence-electron chi connectivity index (χ3n) is 3.62. The monoisotopic (exact) mass is 433 g/mol. The van der Waals surface area contributed by atoms with Gasteiger partial charge in [0.2, 0.25) is 0 Å². The number of carbonyl (C=O) groups is 2. The molecule has 10 nitrogen and oxygen atoms in total. The zero-order valence-electron chi connectivity index (χ0n) is 15.0. The van der Waals surface area contributed by atoms with Gasteiger partial charge >= 0.3 is 6.09 Å². The van der Waals surface area contributed by atoms with Crippen LogP contribution in [0.2, 0.25) is 5.02 Å². The number of aliphatic imine (C=N–C) groups is 1. The van der Waals surface area contributed by atoms with E-state index in [4.69, 9.17) is 16.3 Å². The number of amidine groups is 1. The minimum Gasteiger partial charge on any atom is -0.442 e. The number of aromatic nitrogens is 2. The lowest BCUT2D eigenvalue weighted by Crippen LogP contribution is -2.31. The second-order valence-electron chi connectivity index (χ2n) is 5.63. The maximum absolute atomic E-state index is 13.3. The first-order valence-electron chi connectivity index (χ1n) is 8.26. The van der Waals surface area contributed by atoms with E-state index in [1.807, 2.05) is 10.8 Å². The molecule has 0 saturated carbocycles. The van der Waals surface area contributed by atoms with E-state index in [0.29, 0.717) is 0 Å². The lowest BCUT2D eigenvalue weighted by molar-refractivity contribution is 0.0909. The average Bonchev–Trinajstić information content (AvgIpc) is 3.22. The molecule has 2 amide bonds. The fourth-order valence-corrected chi connectivity index (χ4v) is 2.39. The van der Waals surface area contributed by atoms with Gasteiger partial charge in [0.1, 0.15) is 12.4 Å². The van der Waals surface area contributed by atoms with Crippen molar-refractivity contribution >= 4 is 35.1 Å². The van der Waals surface area contributed by atoms with E-state index in [0.717, 1.165) is 6.07 Å². The van der Waals surface area contributed by atoms with Crippen LogP contribution in [0.3, 0.4) is 0 Å². The number of hydrogen-bond acceptors (Lipinski definition) is 8. The summed E-state index contributed by atoms with van der Waals surface area (Å²) in [6.07, 6.45) is -1.03. The maximum atomic E-state index is 13.3. The Morgan fingerprint density at radius 3 is 2.67 bits per heavy atom. The van der Waals surface area contributed by atoms with Gasteiger partial charge in [0.25, 0.3) is 5.91 Å². The lowest BCUT2D eigenvalue weighted by atomic mass is 10.2. The third kappa shape index (κ3) is 5.16. The molecular formula is C18H13ClFN5O5. The molecule has 0 radical (unpaired) electrons. The molecule has 0 aliphatic carbocycles. The maximum Gasteiger partial charge on any atom is 0.414 e. The Labute approximate surface area is 173 Å². The van der Waals surface area contributed by atoms with Crippen LogP contribution in [0.5, 0.6) is 0 Å². The van der Waals surface area contributed by atoms with E-state index in [2.05, 4.69) is 19.9 Å². The quantitative estimate of drug-likeness (QED) is 0.317. The second kappa shape index (κ2) is 9.58. The summed E-state index contributed by atoms with van der Waals surface area (Å²) in [5.74, 6) is -1.51. The molecule has 0 atom stereocenters. The molecule has 154 valence electrons. The van der Waals surface area contributed by atoms with E-state index in [1.165, 1.54) is 24.3 Å². The molecule has 0 fully saturated rings. The molecule has 3 aromatic rings. The highest BCUT2D eigenvalue weighted by atomic mass is 35.5. The van der Waals surface area contributed by atoms with Gasteiger partial charge in [0.05, 0.1) is 10.7 Å². The Bertz CT molecular complexity index is 1090. The van der Waals surface area contributed by atoms with Crippen LogP contribution in [0, 0.1) is 5.82 Å². The first-order chi connectivity index (χ1) is 14.5. The minimum atomic E-state index is -1.03. The van der Waals surface area contributed by atoms with Crippen LogP contribution in [0.15, 0.2) is 58.2 Å². The molecule has 0 aliphatic rings. The standard InChI is InChI=1S/C18H13ClFN5O5/c19-12-8-11(6-7-13(12)20)21-16(23-28)15-14(24-30-25-15)9-29-18(27)22-17(26)10-4-2-1-3-5-10/h1-8,28H,9H2,(H,21,23)(H,22,26,27). The number of hydrogen-bond donors (Lipinski definition) is 3. The molecule has 2 aromatic carbocycles. The highest BCUT2D eigenvalue weighted by Crippen LogP contribution is 2.22. The Kier molecular flexibility index (Phi) is 6.67. The highest BCUT2D eigenvalue weighted by molar-refractivity contribution is 6.31. The number of carbonyl (C=O) groups excluding carboxylic acids is 2. The fourth-order valence-electron chi connectivity index (χ4n) is 2.22. The van der Waals surface area contributed by atoms with Crippen molar-refractivity contribution < 1.29 is 28.6 Å². The number of halogens is 2. The number of hydroxylamine groups is 1. The Morgan fingerprint density at radius 1 is 1.20 bits per heavy atom. The molecule has 1 aromatic heterocycles. The van der Waals surface area contributed by atoms with E-state index in [-0.39, 0.29) is 33.5 Å². The normalized spacial score (nSPS) is 11.1. The Hall–Kier alpha value is -3.83. The molecular weight excluding hydrogens is 421 g/mol. The van der Waals surface area contributed by atoms with E-state index < -0.39 is 24.4 Å². The van der Waals surface area contributed by atoms with Crippen molar-refractivity contribution in [2.45, 2.75) is 6.61 Å². The van der Waals surface area contributed by atoms with Gasteiger partial charge in [-0.15, -0.1) is 0 Å². The molecule has 0 unspecified atom stereocenters. The molecule has 12 heteroatoms. The van der Waals surface area contributed by atoms with E-state index in [1.54, 1.807) is 18.2 Å². The number of nitrogens with one attached hydrogen (secondary N) is 2. The predicted octanol–water partition coefficient (Wildman–Crippen LogP) is 2.99. The van der Waals surface area contributed by atoms with Gasteiger partial charge in [0, 0.05) is 5.56 Å². The van der Waals surface area contributed by atoms with Gasteiger partial charge in [-0.25, -0.2) is 18.8 Å². The Morgan fingerprint density at radius 2 is 1.97 bits per heavy atom. The number of nitrogens with zero attached hydrogens (tertiary/aromatic N) is 3. The number of ether oxygens (including phenoxy) is 1. The van der Waals surface area contributed by atoms with Crippen molar-refractivity contribution in [1.82, 2.24) is 21.1 Å². The largest absolute Gasteiger partial charge is 0.442 e. The number of imide groups is 1. The van der Waals surface area contributed by atoms with Gasteiger partial charge in [-0.1, -0.05) is 35.0 Å². The fraction of sp³-hybridized carbons (Fsp3) is 0.0556. The summed E-state index contributed by atoms with van der Waals surface area (Å²) in [4.78, 5) is 27.8. The predicted molar refractivity (Wildman–Crippen MR) is 101 cm³/mol.